The minimum atomic E-state index is -0.181. The van der Waals surface area contributed by atoms with E-state index >= 15 is 0 Å². The van der Waals surface area contributed by atoms with Gasteiger partial charge in [-0.1, -0.05) is 12.8 Å². The topological polar surface area (TPSA) is 33.0 Å². The van der Waals surface area contributed by atoms with E-state index in [1.165, 1.54) is 19.3 Å². The van der Waals surface area contributed by atoms with Crippen molar-refractivity contribution in [1.29, 1.82) is 5.26 Å². The predicted octanol–water partition coefficient (Wildman–Crippen LogP) is 3.13. The minimum Gasteiger partial charge on any atom is -0.381 e. The smallest absolute Gasteiger partial charge is 0.0683 e. The fourth-order valence-electron chi connectivity index (χ4n) is 1.43. The highest BCUT2D eigenvalue weighted by Gasteiger charge is 2.20. The zero-order valence-corrected chi connectivity index (χ0v) is 9.38. The van der Waals surface area contributed by atoms with Crippen molar-refractivity contribution in [2.75, 3.05) is 13.2 Å². The lowest BCUT2D eigenvalue weighted by Crippen LogP contribution is -2.09. The van der Waals surface area contributed by atoms with Crippen LogP contribution in [0.1, 0.15) is 46.0 Å². The van der Waals surface area contributed by atoms with Gasteiger partial charge in [0.05, 0.1) is 11.5 Å². The van der Waals surface area contributed by atoms with Crippen molar-refractivity contribution < 1.29 is 4.74 Å². The second-order valence-electron chi connectivity index (χ2n) is 4.94. The summed E-state index contributed by atoms with van der Waals surface area (Å²) in [4.78, 5) is 0. The molecule has 2 heteroatoms. The molecule has 0 amide bonds. The van der Waals surface area contributed by atoms with Crippen LogP contribution in [0.15, 0.2) is 0 Å². The predicted molar refractivity (Wildman–Crippen MR) is 56.8 cm³/mol. The highest BCUT2D eigenvalue weighted by molar-refractivity contribution is 4.91. The van der Waals surface area contributed by atoms with Gasteiger partial charge in [0.2, 0.25) is 0 Å². The van der Waals surface area contributed by atoms with Gasteiger partial charge in [-0.05, 0) is 39.0 Å². The van der Waals surface area contributed by atoms with Crippen molar-refractivity contribution in [3.63, 3.8) is 0 Å². The quantitative estimate of drug-likeness (QED) is 0.585. The van der Waals surface area contributed by atoms with E-state index in [1.807, 2.05) is 13.8 Å². The molecule has 80 valence electrons. The molecule has 2 nitrogen and oxygen atoms in total. The Kier molecular flexibility index (Phi) is 4.41. The zero-order valence-electron chi connectivity index (χ0n) is 9.38. The summed E-state index contributed by atoms with van der Waals surface area (Å²) in [7, 11) is 0. The number of rotatable bonds is 7. The van der Waals surface area contributed by atoms with Gasteiger partial charge in [0.1, 0.15) is 0 Å². The third-order valence-corrected chi connectivity index (χ3v) is 2.76. The van der Waals surface area contributed by atoms with E-state index in [4.69, 9.17) is 10.00 Å². The first-order valence-corrected chi connectivity index (χ1v) is 5.63. The van der Waals surface area contributed by atoms with E-state index in [2.05, 4.69) is 6.07 Å². The molecule has 0 saturated heterocycles. The van der Waals surface area contributed by atoms with Crippen molar-refractivity contribution in [3.8, 4) is 6.07 Å². The molecule has 1 aliphatic rings. The Morgan fingerprint density at radius 2 is 2.07 bits per heavy atom. The minimum absolute atomic E-state index is 0.181. The van der Waals surface area contributed by atoms with Crippen LogP contribution in [0.4, 0.5) is 0 Å². The molecule has 0 unspecified atom stereocenters. The number of hydrogen-bond acceptors (Lipinski definition) is 2. The first-order valence-electron chi connectivity index (χ1n) is 5.63. The molecule has 0 radical (unpaired) electrons. The number of nitriles is 1. The third-order valence-electron chi connectivity index (χ3n) is 2.76. The molecule has 1 saturated carbocycles. The summed E-state index contributed by atoms with van der Waals surface area (Å²) < 4.78 is 5.51. The zero-order chi connectivity index (χ0) is 10.4. The fourth-order valence-corrected chi connectivity index (χ4v) is 1.43. The molecule has 1 aliphatic carbocycles. The van der Waals surface area contributed by atoms with E-state index in [0.29, 0.717) is 0 Å². The highest BCUT2D eigenvalue weighted by Crippen LogP contribution is 2.32. The molecular formula is C12H21NO. The van der Waals surface area contributed by atoms with Crippen LogP contribution >= 0.6 is 0 Å². The van der Waals surface area contributed by atoms with Crippen LogP contribution in [0.5, 0.6) is 0 Å². The molecule has 1 rings (SSSR count). The van der Waals surface area contributed by atoms with Crippen LogP contribution in [-0.4, -0.2) is 13.2 Å². The van der Waals surface area contributed by atoms with Crippen LogP contribution in [-0.2, 0) is 4.74 Å². The Morgan fingerprint density at radius 1 is 1.36 bits per heavy atom. The first kappa shape index (κ1) is 11.5. The van der Waals surface area contributed by atoms with Gasteiger partial charge >= 0.3 is 0 Å². The summed E-state index contributed by atoms with van der Waals surface area (Å²) >= 11 is 0. The summed E-state index contributed by atoms with van der Waals surface area (Å²) in [6.07, 6.45) is 6.00. The maximum atomic E-state index is 8.79. The molecule has 0 aromatic rings. The van der Waals surface area contributed by atoms with Crippen LogP contribution in [0, 0.1) is 22.7 Å². The van der Waals surface area contributed by atoms with Gasteiger partial charge in [0.15, 0.2) is 0 Å². The first-order chi connectivity index (χ1) is 6.64. The molecule has 0 bridgehead atoms. The van der Waals surface area contributed by atoms with Crippen LogP contribution < -0.4 is 0 Å². The second kappa shape index (κ2) is 5.36. The second-order valence-corrected chi connectivity index (χ2v) is 4.94. The lowest BCUT2D eigenvalue weighted by molar-refractivity contribution is 0.119. The molecule has 14 heavy (non-hydrogen) atoms. The van der Waals surface area contributed by atoms with E-state index < -0.39 is 0 Å². The number of ether oxygens (including phenoxy) is 1. The van der Waals surface area contributed by atoms with Gasteiger partial charge in [-0.3, -0.25) is 0 Å². The molecule has 0 aromatic heterocycles. The van der Waals surface area contributed by atoms with Crippen molar-refractivity contribution in [2.45, 2.75) is 46.0 Å². The molecule has 1 fully saturated rings. The summed E-state index contributed by atoms with van der Waals surface area (Å²) in [6, 6.07) is 2.30. The van der Waals surface area contributed by atoms with Crippen molar-refractivity contribution in [2.24, 2.45) is 11.3 Å². The van der Waals surface area contributed by atoms with E-state index in [1.54, 1.807) is 0 Å². The SMILES string of the molecule is CC(C)(C#N)CCCOCCC1CC1. The molecular weight excluding hydrogens is 174 g/mol. The number of nitrogens with zero attached hydrogens (tertiary/aromatic N) is 1. The van der Waals surface area contributed by atoms with Crippen LogP contribution in [0.25, 0.3) is 0 Å². The molecule has 0 N–H and O–H groups in total. The average Bonchev–Trinajstić information content (AvgIpc) is 2.95. The average molecular weight is 195 g/mol. The Bertz CT molecular complexity index is 201. The molecule has 0 heterocycles. The molecule has 0 aromatic carbocycles. The maximum Gasteiger partial charge on any atom is 0.0683 e. The monoisotopic (exact) mass is 195 g/mol. The van der Waals surface area contributed by atoms with Gasteiger partial charge in [-0.15, -0.1) is 0 Å². The largest absolute Gasteiger partial charge is 0.381 e. The Labute approximate surface area is 87.3 Å². The van der Waals surface area contributed by atoms with E-state index in [9.17, 15) is 0 Å². The van der Waals surface area contributed by atoms with Crippen molar-refractivity contribution in [3.05, 3.63) is 0 Å². The van der Waals surface area contributed by atoms with E-state index in [0.717, 1.165) is 32.0 Å². The van der Waals surface area contributed by atoms with Crippen LogP contribution in [0.3, 0.4) is 0 Å². The Balaban J connectivity index is 1.86. The fraction of sp³-hybridized carbons (Fsp3) is 0.917. The molecule has 0 aliphatic heterocycles. The Morgan fingerprint density at radius 3 is 2.64 bits per heavy atom. The standard InChI is InChI=1S/C12H21NO/c1-12(2,10-13)7-3-8-14-9-6-11-4-5-11/h11H,3-9H2,1-2H3. The normalized spacial score (nSPS) is 16.6. The van der Waals surface area contributed by atoms with Crippen molar-refractivity contribution >= 4 is 0 Å². The van der Waals surface area contributed by atoms with E-state index in [-0.39, 0.29) is 5.41 Å². The van der Waals surface area contributed by atoms with Gasteiger partial charge in [-0.2, -0.15) is 5.26 Å². The number of hydrogen-bond donors (Lipinski definition) is 0. The molecule has 0 atom stereocenters. The highest BCUT2D eigenvalue weighted by atomic mass is 16.5. The maximum absolute atomic E-state index is 8.79. The summed E-state index contributed by atoms with van der Waals surface area (Å²) in [6.45, 7) is 5.70. The van der Waals surface area contributed by atoms with Crippen molar-refractivity contribution in [1.82, 2.24) is 0 Å². The van der Waals surface area contributed by atoms with Gasteiger partial charge < -0.3 is 4.74 Å². The van der Waals surface area contributed by atoms with Gasteiger partial charge in [0, 0.05) is 13.2 Å². The molecule has 0 spiro atoms. The summed E-state index contributed by atoms with van der Waals surface area (Å²) in [5.41, 5.74) is -0.181. The van der Waals surface area contributed by atoms with Gasteiger partial charge in [-0.25, -0.2) is 0 Å². The van der Waals surface area contributed by atoms with Crippen LogP contribution in [0.2, 0.25) is 0 Å². The van der Waals surface area contributed by atoms with Gasteiger partial charge in [0.25, 0.3) is 0 Å². The summed E-state index contributed by atoms with van der Waals surface area (Å²) in [5.74, 6) is 0.963. The lowest BCUT2D eigenvalue weighted by Gasteiger charge is -2.14. The Hall–Kier alpha value is -0.550. The third kappa shape index (κ3) is 5.24. The lowest BCUT2D eigenvalue weighted by atomic mass is 9.90. The summed E-state index contributed by atoms with van der Waals surface area (Å²) in [5, 5.41) is 8.79.